The minimum Gasteiger partial charge on any atom is -0.455 e. The molecule has 0 aliphatic carbocycles. The first kappa shape index (κ1) is 51.4. The summed E-state index contributed by atoms with van der Waals surface area (Å²) < 4.78 is 28.2. The molecule has 404 valence electrons. The lowest BCUT2D eigenvalue weighted by atomic mass is 9.80. The van der Waals surface area contributed by atoms with Crippen LogP contribution in [0.3, 0.4) is 0 Å². The van der Waals surface area contributed by atoms with Gasteiger partial charge in [-0.25, -0.2) is 9.80 Å². The molecule has 0 bridgehead atoms. The van der Waals surface area contributed by atoms with Gasteiger partial charge in [0.15, 0.2) is 0 Å². The minimum atomic E-state index is -0.574. The number of hydrogen-bond donors (Lipinski definition) is 0. The van der Waals surface area contributed by atoms with Gasteiger partial charge >= 0.3 is 0 Å². The van der Waals surface area contributed by atoms with Crippen molar-refractivity contribution in [3.8, 4) is 46.0 Å². The molecule has 0 fully saturated rings. The van der Waals surface area contributed by atoms with Crippen molar-refractivity contribution in [1.82, 2.24) is 19.9 Å². The zero-order chi connectivity index (χ0) is 56.8. The predicted molar refractivity (Wildman–Crippen MR) is 316 cm³/mol. The molecule has 11 aromatic rings. The molecule has 4 amide bonds. The van der Waals surface area contributed by atoms with E-state index >= 15 is 19.2 Å². The Kier molecular flexibility index (Phi) is 12.5. The van der Waals surface area contributed by atoms with Gasteiger partial charge in [0.05, 0.1) is 58.4 Å². The molecule has 82 heavy (non-hydrogen) atoms. The highest BCUT2D eigenvalue weighted by molar-refractivity contribution is 6.48. The van der Waals surface area contributed by atoms with E-state index in [2.05, 4.69) is 19.9 Å². The number of para-hydroxylation sites is 2. The fraction of sp³-hybridized carbons (Fsp3) is 0.176. The van der Waals surface area contributed by atoms with Gasteiger partial charge in [0.25, 0.3) is 23.6 Å². The SMILES string of the molecule is CC(C)c1cccc(C(C)C)c1N1C(=O)c2cc(Oc3cccnc3)c3c4c(Oc5cccnc5)cc5c6c(cc(Oc7cccnc7)c(c7c(Oc8cccnc8)cc(c2c37)C1=O)c64)C(=O)N(c1c(C(C)C)cccc1C(C)C)C5=O. The molecule has 0 unspecified atom stereocenters. The second-order valence-electron chi connectivity index (χ2n) is 21.9. The number of anilines is 2. The molecule has 2 aliphatic rings. The molecule has 0 radical (unpaired) electrons. The maximum Gasteiger partial charge on any atom is 0.266 e. The van der Waals surface area contributed by atoms with Crippen molar-refractivity contribution in [1.29, 1.82) is 0 Å². The normalized spacial score (nSPS) is 13.4. The molecule has 13 rings (SSSR count). The van der Waals surface area contributed by atoms with Gasteiger partial charge in [0, 0.05) is 67.9 Å². The average Bonchev–Trinajstić information content (AvgIpc) is 1.49. The number of nitrogens with zero attached hydrogens (tertiary/aromatic N) is 6. The van der Waals surface area contributed by atoms with Crippen LogP contribution in [0.15, 0.2) is 159 Å². The van der Waals surface area contributed by atoms with Crippen molar-refractivity contribution in [3.63, 3.8) is 0 Å². The number of rotatable bonds is 14. The van der Waals surface area contributed by atoms with Gasteiger partial charge in [-0.15, -0.1) is 0 Å². The van der Waals surface area contributed by atoms with E-state index in [-0.39, 0.29) is 68.9 Å². The van der Waals surface area contributed by atoms with Crippen LogP contribution in [0.1, 0.15) is 143 Å². The molecule has 14 nitrogen and oxygen atoms in total. The number of carbonyl (C=O) groups is 4. The van der Waals surface area contributed by atoms with E-state index in [1.165, 1.54) is 9.80 Å². The Morgan fingerprint density at radius 3 is 0.768 bits per heavy atom. The van der Waals surface area contributed by atoms with Gasteiger partial charge in [-0.3, -0.25) is 39.1 Å². The molecular formula is C68H54N6O8. The smallest absolute Gasteiger partial charge is 0.266 e. The molecule has 0 atom stereocenters. The van der Waals surface area contributed by atoms with Crippen LogP contribution in [-0.2, 0) is 0 Å². The highest BCUT2D eigenvalue weighted by atomic mass is 16.5. The van der Waals surface area contributed by atoms with Crippen molar-refractivity contribution in [2.75, 3.05) is 9.80 Å². The minimum absolute atomic E-state index is 0.0804. The Morgan fingerprint density at radius 2 is 0.561 bits per heavy atom. The molecule has 0 N–H and O–H groups in total. The maximum absolute atomic E-state index is 16.1. The number of fused-ring (bicyclic) bond motifs is 2. The number of hydrogen-bond acceptors (Lipinski definition) is 12. The van der Waals surface area contributed by atoms with E-state index in [9.17, 15) is 0 Å². The van der Waals surface area contributed by atoms with E-state index in [4.69, 9.17) is 18.9 Å². The van der Waals surface area contributed by atoms with Crippen molar-refractivity contribution >= 4 is 78.1 Å². The summed E-state index contributed by atoms with van der Waals surface area (Å²) in [6, 6.07) is 32.4. The lowest BCUT2D eigenvalue weighted by Crippen LogP contribution is -2.42. The Morgan fingerprint density at radius 1 is 0.317 bits per heavy atom. The zero-order valence-electron chi connectivity index (χ0n) is 46.3. The third kappa shape index (κ3) is 8.15. The topological polar surface area (TPSA) is 163 Å². The Labute approximate surface area is 472 Å². The third-order valence-corrected chi connectivity index (χ3v) is 15.5. The molecular weight excluding hydrogens is 1030 g/mol. The zero-order valence-corrected chi connectivity index (χ0v) is 46.3. The first-order valence-electron chi connectivity index (χ1n) is 27.4. The summed E-state index contributed by atoms with van der Waals surface area (Å²) in [5.41, 5.74) is 4.96. The van der Waals surface area contributed by atoms with Crippen molar-refractivity contribution < 1.29 is 38.1 Å². The third-order valence-electron chi connectivity index (χ3n) is 15.5. The number of pyridine rings is 4. The van der Waals surface area contributed by atoms with Crippen molar-refractivity contribution in [2.45, 2.75) is 79.1 Å². The summed E-state index contributed by atoms with van der Waals surface area (Å²) in [6.07, 6.45) is 12.8. The largest absolute Gasteiger partial charge is 0.455 e. The number of ether oxygens (including phenoxy) is 4. The fourth-order valence-electron chi connectivity index (χ4n) is 11.9. The number of imide groups is 2. The van der Waals surface area contributed by atoms with Gasteiger partial charge in [0.1, 0.15) is 46.0 Å². The van der Waals surface area contributed by atoms with E-state index in [0.717, 1.165) is 22.3 Å². The Hall–Kier alpha value is -10.1. The molecule has 0 spiro atoms. The monoisotopic (exact) mass is 1080 g/mol. The lowest BCUT2D eigenvalue weighted by Gasteiger charge is -2.35. The number of amides is 4. The standard InChI is InChI=1S/C68H54N6O8/c1-35(2)43-19-9-20-44(36(3)4)63(43)73-65(75)47-27-51(79-39-15-11-23-69-31-39)57-59-53(81-41-17-13-25-71-33-41)29-49-56-50(68(78)74(67(49)77)64-45(37(5)6)21-10-22-46(64)38(7)8)30-54(82-42-18-14-26-72-34-42)60(62(56)59)58-52(80-40-16-12-24-70-32-40)28-48(66(73)76)55(47)61(57)58/h9-38H,1-8H3. The van der Waals surface area contributed by atoms with Crippen LogP contribution in [0.5, 0.6) is 46.0 Å². The van der Waals surface area contributed by atoms with Crippen LogP contribution in [0.4, 0.5) is 11.4 Å². The van der Waals surface area contributed by atoms with Crippen LogP contribution in [0.2, 0.25) is 0 Å². The average molecular weight is 1080 g/mol. The second-order valence-corrected chi connectivity index (χ2v) is 21.9. The Balaban J connectivity index is 1.26. The van der Waals surface area contributed by atoms with E-state index in [0.29, 0.717) is 77.5 Å². The molecule has 2 aliphatic heterocycles. The van der Waals surface area contributed by atoms with E-state index in [1.807, 2.05) is 91.8 Å². The van der Waals surface area contributed by atoms with Gasteiger partial charge in [-0.1, -0.05) is 91.8 Å². The number of benzene rings is 7. The first-order valence-corrected chi connectivity index (χ1v) is 27.4. The second kappa shape index (κ2) is 19.9. The Bertz CT molecular complexity index is 3890. The molecule has 4 aromatic heterocycles. The van der Waals surface area contributed by atoms with Crippen LogP contribution in [0, 0.1) is 0 Å². The first-order chi connectivity index (χ1) is 39.7. The summed E-state index contributed by atoms with van der Waals surface area (Å²) >= 11 is 0. The number of aromatic nitrogens is 4. The molecule has 0 saturated heterocycles. The molecule has 0 saturated carbocycles. The summed E-state index contributed by atoms with van der Waals surface area (Å²) in [5.74, 6) is -0.625. The highest BCUT2D eigenvalue weighted by Gasteiger charge is 2.44. The summed E-state index contributed by atoms with van der Waals surface area (Å²) in [7, 11) is 0. The predicted octanol–water partition coefficient (Wildman–Crippen LogP) is 16.6. The highest BCUT2D eigenvalue weighted by Crippen LogP contribution is 2.59. The van der Waals surface area contributed by atoms with E-state index in [1.54, 1.807) is 122 Å². The summed E-state index contributed by atoms with van der Waals surface area (Å²) in [4.78, 5) is 84.5. The van der Waals surface area contributed by atoms with Crippen LogP contribution in [-0.4, -0.2) is 43.6 Å². The quantitative estimate of drug-likeness (QED) is 0.0576. The molecule has 14 heteroatoms. The van der Waals surface area contributed by atoms with Gasteiger partial charge in [0.2, 0.25) is 0 Å². The maximum atomic E-state index is 16.1. The van der Waals surface area contributed by atoms with Crippen molar-refractivity contribution in [2.24, 2.45) is 0 Å². The lowest BCUT2D eigenvalue weighted by molar-refractivity contribution is 0.0877. The summed E-state index contributed by atoms with van der Waals surface area (Å²) in [6.45, 7) is 16.3. The van der Waals surface area contributed by atoms with Gasteiger partial charge < -0.3 is 18.9 Å². The molecule has 6 heterocycles. The van der Waals surface area contributed by atoms with Crippen LogP contribution >= 0.6 is 0 Å². The fourth-order valence-corrected chi connectivity index (χ4v) is 11.9. The van der Waals surface area contributed by atoms with Crippen LogP contribution in [0.25, 0.3) is 43.1 Å². The van der Waals surface area contributed by atoms with Crippen LogP contribution < -0.4 is 28.7 Å². The molecule has 7 aromatic carbocycles. The summed E-state index contributed by atoms with van der Waals surface area (Å²) in [5, 5.41) is 2.84. The van der Waals surface area contributed by atoms with Gasteiger partial charge in [-0.2, -0.15) is 0 Å². The number of carbonyl (C=O) groups excluding carboxylic acids is 4. The van der Waals surface area contributed by atoms with E-state index < -0.39 is 23.6 Å². The van der Waals surface area contributed by atoms with Gasteiger partial charge in [-0.05, 0) is 119 Å². The van der Waals surface area contributed by atoms with Crippen molar-refractivity contribution in [3.05, 3.63) is 203 Å².